The molecule has 7 nitrogen and oxygen atoms in total. The second-order valence-electron chi connectivity index (χ2n) is 9.44. The molecule has 0 aliphatic carbocycles. The number of aromatic nitrogens is 1. The predicted molar refractivity (Wildman–Crippen MR) is 154 cm³/mol. The number of fused-ring (bicyclic) bond motifs is 1. The molecule has 0 aliphatic rings. The zero-order valence-electron chi connectivity index (χ0n) is 22.3. The number of carbonyl (C=O) groups is 2. The number of hydrogen-bond acceptors (Lipinski definition) is 6. The molecular weight excluding hydrogens is 553 g/mol. The molecule has 1 aromatic heterocycles. The van der Waals surface area contributed by atoms with Crippen LogP contribution in [0, 0.1) is 0 Å². The normalized spacial score (nSPS) is 12.7. The number of nitrogens with zero attached hydrogens (tertiary/aromatic N) is 1. The molecule has 6 N–H and O–H groups in total. The third-order valence-corrected chi connectivity index (χ3v) is 7.35. The number of rotatable bonds is 11. The summed E-state index contributed by atoms with van der Waals surface area (Å²) in [6.07, 6.45) is -1.30. The van der Waals surface area contributed by atoms with Crippen LogP contribution in [-0.4, -0.2) is 40.7 Å². The number of carboxylic acids is 1. The van der Waals surface area contributed by atoms with E-state index in [2.05, 4.69) is 59.9 Å². The van der Waals surface area contributed by atoms with Gasteiger partial charge in [0.05, 0.1) is 22.3 Å². The van der Waals surface area contributed by atoms with Gasteiger partial charge in [-0.05, 0) is 67.5 Å². The number of aliphatic carboxylic acids is 1. The van der Waals surface area contributed by atoms with Crippen molar-refractivity contribution >= 4 is 33.4 Å². The lowest BCUT2D eigenvalue weighted by Crippen LogP contribution is -2.42. The molecule has 11 heteroatoms. The van der Waals surface area contributed by atoms with Crippen LogP contribution in [0.2, 0.25) is 0 Å². The summed E-state index contributed by atoms with van der Waals surface area (Å²) in [6.45, 7) is 0.529. The predicted octanol–water partition coefficient (Wildman–Crippen LogP) is 5.38. The van der Waals surface area contributed by atoms with E-state index in [0.29, 0.717) is 13.0 Å². The van der Waals surface area contributed by atoms with E-state index in [4.69, 9.17) is 26.4 Å². The number of thiazole rings is 1. The van der Waals surface area contributed by atoms with Gasteiger partial charge in [-0.2, -0.15) is 13.2 Å². The maximum absolute atomic E-state index is 12.8. The van der Waals surface area contributed by atoms with Crippen LogP contribution in [0.4, 0.5) is 13.2 Å². The van der Waals surface area contributed by atoms with Crippen molar-refractivity contribution in [2.45, 2.75) is 50.4 Å². The number of hydrogen-bond donors (Lipinski definition) is 4. The van der Waals surface area contributed by atoms with Gasteiger partial charge in [0.25, 0.3) is 0 Å². The number of carboxylic acid groups (broad SMARTS) is 1. The van der Waals surface area contributed by atoms with Crippen molar-refractivity contribution in [2.24, 2.45) is 11.5 Å². The highest BCUT2D eigenvalue weighted by Crippen LogP contribution is 2.30. The number of alkyl halides is 3. The molecule has 41 heavy (non-hydrogen) atoms. The summed E-state index contributed by atoms with van der Waals surface area (Å²) in [7, 11) is 0. The number of nitrogens with two attached hydrogens (primary N) is 2. The Morgan fingerprint density at radius 1 is 0.927 bits per heavy atom. The molecule has 0 saturated carbocycles. The number of benzene rings is 3. The first-order chi connectivity index (χ1) is 19.6. The van der Waals surface area contributed by atoms with Gasteiger partial charge in [-0.15, -0.1) is 11.3 Å². The molecule has 0 aliphatic heterocycles. The van der Waals surface area contributed by atoms with Gasteiger partial charge in [-0.1, -0.05) is 66.7 Å². The summed E-state index contributed by atoms with van der Waals surface area (Å²) in [5.74, 6) is -2.90. The zero-order valence-corrected chi connectivity index (χ0v) is 23.1. The summed E-state index contributed by atoms with van der Waals surface area (Å²) < 4.78 is 32.9. The molecule has 0 saturated heterocycles. The minimum Gasteiger partial charge on any atom is -0.475 e. The van der Waals surface area contributed by atoms with Gasteiger partial charge in [0.15, 0.2) is 0 Å². The molecule has 1 heterocycles. The average molecular weight is 587 g/mol. The van der Waals surface area contributed by atoms with E-state index in [0.717, 1.165) is 40.9 Å². The molecule has 0 unspecified atom stereocenters. The summed E-state index contributed by atoms with van der Waals surface area (Å²) in [6, 6.07) is 26.5. The van der Waals surface area contributed by atoms with Crippen LogP contribution < -0.4 is 16.8 Å². The Bertz CT molecular complexity index is 1400. The Morgan fingerprint density at radius 3 is 2.12 bits per heavy atom. The molecule has 3 aromatic carbocycles. The molecule has 4 rings (SSSR count). The molecule has 0 bridgehead atoms. The van der Waals surface area contributed by atoms with E-state index >= 15 is 0 Å². The first kappa shape index (κ1) is 31.7. The zero-order chi connectivity index (χ0) is 29.8. The van der Waals surface area contributed by atoms with Gasteiger partial charge >= 0.3 is 12.1 Å². The van der Waals surface area contributed by atoms with Crippen LogP contribution in [0.25, 0.3) is 10.2 Å². The highest BCUT2D eigenvalue weighted by atomic mass is 32.1. The minimum absolute atomic E-state index is 0.143. The van der Waals surface area contributed by atoms with Crippen molar-refractivity contribution in [3.63, 3.8) is 0 Å². The van der Waals surface area contributed by atoms with E-state index in [9.17, 15) is 18.0 Å². The summed E-state index contributed by atoms with van der Waals surface area (Å²) >= 11 is 1.64. The van der Waals surface area contributed by atoms with E-state index in [1.807, 2.05) is 24.3 Å². The molecular formula is C30H33F3N4O3S. The van der Waals surface area contributed by atoms with Crippen molar-refractivity contribution in [3.8, 4) is 0 Å². The van der Waals surface area contributed by atoms with E-state index in [1.165, 1.54) is 16.7 Å². The van der Waals surface area contributed by atoms with Gasteiger partial charge < -0.3 is 21.9 Å². The fourth-order valence-electron chi connectivity index (χ4n) is 4.04. The second-order valence-corrected chi connectivity index (χ2v) is 10.5. The summed E-state index contributed by atoms with van der Waals surface area (Å²) in [5, 5.41) is 11.2. The summed E-state index contributed by atoms with van der Waals surface area (Å²) in [4.78, 5) is 26.7. The smallest absolute Gasteiger partial charge is 0.475 e. The molecule has 0 spiro atoms. The van der Waals surface area contributed by atoms with Crippen molar-refractivity contribution in [3.05, 3.63) is 101 Å². The molecule has 4 aromatic rings. The third-order valence-electron chi connectivity index (χ3n) is 6.20. The highest BCUT2D eigenvalue weighted by Gasteiger charge is 2.38. The highest BCUT2D eigenvalue weighted by molar-refractivity contribution is 7.18. The van der Waals surface area contributed by atoms with Gasteiger partial charge in [-0.25, -0.2) is 9.78 Å². The Balaban J connectivity index is 0.000000587. The summed E-state index contributed by atoms with van der Waals surface area (Å²) in [5.41, 5.74) is 16.4. The van der Waals surface area contributed by atoms with Crippen LogP contribution in [0.5, 0.6) is 0 Å². The van der Waals surface area contributed by atoms with Gasteiger partial charge in [0, 0.05) is 0 Å². The standard InChI is InChI=1S/C28H32N4OS.C2HF3O2/c29-17-7-12-23(30)27(33)31-24(15-13-20-8-3-1-4-9-20)28-32-25-19-22(14-16-26(25)34-28)18-21-10-5-2-6-11-21;3-2(4,5)1(6)7/h1-6,8-11,14,16,19,23-24H,7,12-13,15,17-18,29-30H2,(H,31,33);(H,6,7)/t23-,24-;/m1./s1. The second kappa shape index (κ2) is 15.3. The van der Waals surface area contributed by atoms with Crippen LogP contribution in [-0.2, 0) is 22.4 Å². The van der Waals surface area contributed by atoms with Gasteiger partial charge in [0.2, 0.25) is 5.91 Å². The van der Waals surface area contributed by atoms with Crippen molar-refractivity contribution in [1.82, 2.24) is 10.3 Å². The molecule has 0 fully saturated rings. The number of halogens is 3. The first-order valence-corrected chi connectivity index (χ1v) is 13.9. The third kappa shape index (κ3) is 10.3. The first-order valence-electron chi connectivity index (χ1n) is 13.1. The van der Waals surface area contributed by atoms with Crippen LogP contribution >= 0.6 is 11.3 Å². The maximum atomic E-state index is 12.8. The average Bonchev–Trinajstić information content (AvgIpc) is 3.38. The monoisotopic (exact) mass is 586 g/mol. The number of amides is 1. The van der Waals surface area contributed by atoms with Crippen LogP contribution in [0.15, 0.2) is 78.9 Å². The fraction of sp³-hybridized carbons (Fsp3) is 0.300. The van der Waals surface area contributed by atoms with Crippen molar-refractivity contribution in [2.75, 3.05) is 6.54 Å². The van der Waals surface area contributed by atoms with E-state index in [1.54, 1.807) is 11.3 Å². The van der Waals surface area contributed by atoms with Crippen LogP contribution in [0.3, 0.4) is 0 Å². The Morgan fingerprint density at radius 2 is 1.54 bits per heavy atom. The number of aryl methyl sites for hydroxylation is 1. The van der Waals surface area contributed by atoms with Crippen molar-refractivity contribution < 1.29 is 27.9 Å². The SMILES string of the molecule is NCCC[C@@H](N)C(=O)N[C@H](CCc1ccccc1)c1nc2cc(Cc3ccccc3)ccc2s1.O=C(O)C(F)(F)F. The number of carbonyl (C=O) groups excluding carboxylic acids is 1. The molecule has 1 amide bonds. The lowest BCUT2D eigenvalue weighted by atomic mass is 10.0. The minimum atomic E-state index is -5.08. The number of nitrogens with one attached hydrogen (secondary N) is 1. The van der Waals surface area contributed by atoms with Gasteiger partial charge in [0.1, 0.15) is 5.01 Å². The quantitative estimate of drug-likeness (QED) is 0.187. The Kier molecular flexibility index (Phi) is 11.8. The molecule has 0 radical (unpaired) electrons. The lowest BCUT2D eigenvalue weighted by molar-refractivity contribution is -0.192. The molecule has 2 atom stereocenters. The van der Waals surface area contributed by atoms with Gasteiger partial charge in [-0.3, -0.25) is 4.79 Å². The largest absolute Gasteiger partial charge is 0.490 e. The molecule has 218 valence electrons. The van der Waals surface area contributed by atoms with Crippen molar-refractivity contribution in [1.29, 1.82) is 0 Å². The lowest BCUT2D eigenvalue weighted by Gasteiger charge is -2.19. The maximum Gasteiger partial charge on any atom is 0.490 e. The Hall–Kier alpha value is -3.80. The topological polar surface area (TPSA) is 131 Å². The van der Waals surface area contributed by atoms with E-state index in [-0.39, 0.29) is 11.9 Å². The van der Waals surface area contributed by atoms with Crippen LogP contribution in [0.1, 0.15) is 47.0 Å². The Labute approximate surface area is 240 Å². The fourth-order valence-corrected chi connectivity index (χ4v) is 5.08. The van der Waals surface area contributed by atoms with E-state index < -0.39 is 18.2 Å².